The minimum Gasteiger partial charge on any atom is -0.200 e. The summed E-state index contributed by atoms with van der Waals surface area (Å²) in [5.74, 6) is 0.360. The predicted octanol–water partition coefficient (Wildman–Crippen LogP) is 10.1. The molecule has 6 aromatic rings. The molecule has 4 aromatic carbocycles. The van der Waals surface area contributed by atoms with Crippen molar-refractivity contribution >= 4 is 27.8 Å². The molecule has 0 saturated heterocycles. The van der Waals surface area contributed by atoms with Crippen molar-refractivity contribution in [3.63, 3.8) is 0 Å². The Hall–Kier alpha value is -4.56. The molecular formula is C43H44N2+2. The van der Waals surface area contributed by atoms with Gasteiger partial charge < -0.3 is 0 Å². The third-order valence-electron chi connectivity index (χ3n) is 10.3. The number of hydrogen-bond acceptors (Lipinski definition) is 0. The van der Waals surface area contributed by atoms with E-state index < -0.39 is 0 Å². The lowest BCUT2D eigenvalue weighted by atomic mass is 9.70. The molecule has 0 aliphatic carbocycles. The lowest BCUT2D eigenvalue weighted by Crippen LogP contribution is -2.61. The first kappa shape index (κ1) is 29.2. The number of allylic oxidation sites excluding steroid dienone is 1. The van der Waals surface area contributed by atoms with Gasteiger partial charge in [0.15, 0.2) is 17.9 Å². The van der Waals surface area contributed by atoms with Crippen LogP contribution in [-0.2, 0) is 19.0 Å². The highest BCUT2D eigenvalue weighted by atomic mass is 15.1. The van der Waals surface area contributed by atoms with Crippen molar-refractivity contribution < 1.29 is 9.13 Å². The molecule has 0 bridgehead atoms. The molecule has 7 rings (SSSR count). The molecule has 2 aromatic heterocycles. The van der Waals surface area contributed by atoms with Crippen LogP contribution >= 0.6 is 0 Å². The van der Waals surface area contributed by atoms with Crippen molar-refractivity contribution in [2.45, 2.75) is 64.3 Å². The predicted molar refractivity (Wildman–Crippen MR) is 189 cm³/mol. The van der Waals surface area contributed by atoms with Crippen molar-refractivity contribution in [3.05, 3.63) is 138 Å². The molecule has 0 saturated carbocycles. The highest BCUT2D eigenvalue weighted by Crippen LogP contribution is 2.46. The third kappa shape index (κ3) is 4.97. The number of aryl methyl sites for hydroxylation is 2. The first-order valence-corrected chi connectivity index (χ1v) is 16.8. The van der Waals surface area contributed by atoms with Gasteiger partial charge in [0.2, 0.25) is 11.2 Å². The van der Waals surface area contributed by atoms with E-state index in [1.807, 2.05) is 0 Å². The van der Waals surface area contributed by atoms with Gasteiger partial charge >= 0.3 is 0 Å². The molecule has 0 amide bonds. The number of hydrogen-bond donors (Lipinski definition) is 0. The fourth-order valence-electron chi connectivity index (χ4n) is 7.91. The Morgan fingerprint density at radius 1 is 0.756 bits per heavy atom. The average Bonchev–Trinajstić information content (AvgIpc) is 3.09. The van der Waals surface area contributed by atoms with Gasteiger partial charge in [0, 0.05) is 35.6 Å². The van der Waals surface area contributed by atoms with Crippen LogP contribution in [0.4, 0.5) is 0 Å². The minimum absolute atomic E-state index is 0.198. The molecule has 2 heteroatoms. The molecule has 2 nitrogen and oxygen atoms in total. The zero-order valence-corrected chi connectivity index (χ0v) is 27.1. The fourth-order valence-corrected chi connectivity index (χ4v) is 7.91. The first-order valence-electron chi connectivity index (χ1n) is 16.8. The van der Waals surface area contributed by atoms with Gasteiger partial charge in [-0.05, 0) is 76.7 Å². The molecule has 1 aliphatic heterocycles. The molecule has 0 N–H and O–H groups in total. The van der Waals surface area contributed by atoms with Gasteiger partial charge in [-0.25, -0.2) is 4.57 Å². The molecular weight excluding hydrogens is 544 g/mol. The molecule has 3 heterocycles. The Morgan fingerprint density at radius 3 is 2.36 bits per heavy atom. The Kier molecular flexibility index (Phi) is 7.83. The van der Waals surface area contributed by atoms with E-state index in [0.29, 0.717) is 5.92 Å². The number of pyridine rings is 2. The summed E-state index contributed by atoms with van der Waals surface area (Å²) < 4.78 is 4.85. The highest BCUT2D eigenvalue weighted by Gasteiger charge is 2.50. The number of fused-ring (bicyclic) bond motifs is 6. The smallest absolute Gasteiger partial charge is 0.200 e. The monoisotopic (exact) mass is 588 g/mol. The van der Waals surface area contributed by atoms with E-state index in [2.05, 4.69) is 165 Å². The maximum absolute atomic E-state index is 2.59. The normalized spacial score (nSPS) is 17.6. The van der Waals surface area contributed by atoms with Crippen LogP contribution in [0.2, 0.25) is 0 Å². The number of aromatic nitrogens is 2. The maximum atomic E-state index is 2.59. The summed E-state index contributed by atoms with van der Waals surface area (Å²) in [5.41, 5.74) is 10.4. The molecule has 0 spiro atoms. The fraction of sp³-hybridized carbons (Fsp3) is 0.256. The molecule has 224 valence electrons. The number of benzene rings is 4. The average molecular weight is 589 g/mol. The zero-order chi connectivity index (χ0) is 31.0. The van der Waals surface area contributed by atoms with Crippen LogP contribution < -0.4 is 9.13 Å². The lowest BCUT2D eigenvalue weighted by molar-refractivity contribution is -0.749. The standard InChI is InChI=1S/C43H44N2/c1-5-8-13-31-19-21-32(22-20-31)36-26-29-45-40(30-36)38-18-10-9-17-37(38)39(6-2)43(45,7-3)27-25-34-15-11-14-33-23-24-35-16-12-28-44(4)42(35)41(33)34/h9-12,14-30,39H,5-8,13H2,1-4H3/q+2. The quantitative estimate of drug-likeness (QED) is 0.123. The van der Waals surface area contributed by atoms with Crippen molar-refractivity contribution in [2.24, 2.45) is 7.05 Å². The van der Waals surface area contributed by atoms with E-state index in [1.165, 1.54) is 73.6 Å². The van der Waals surface area contributed by atoms with E-state index in [1.54, 1.807) is 0 Å². The summed E-state index contributed by atoms with van der Waals surface area (Å²) in [6.45, 7) is 6.97. The van der Waals surface area contributed by atoms with Crippen LogP contribution in [0.3, 0.4) is 0 Å². The molecule has 0 radical (unpaired) electrons. The molecule has 2 unspecified atom stereocenters. The molecule has 45 heavy (non-hydrogen) atoms. The van der Waals surface area contributed by atoms with Gasteiger partial charge in [-0.15, -0.1) is 0 Å². The first-order chi connectivity index (χ1) is 22.1. The van der Waals surface area contributed by atoms with Gasteiger partial charge in [-0.1, -0.05) is 100.0 Å². The summed E-state index contributed by atoms with van der Waals surface area (Å²) in [6, 6.07) is 38.7. The maximum Gasteiger partial charge on any atom is 0.220 e. The van der Waals surface area contributed by atoms with E-state index in [4.69, 9.17) is 0 Å². The van der Waals surface area contributed by atoms with E-state index >= 15 is 0 Å². The van der Waals surface area contributed by atoms with Gasteiger partial charge in [-0.2, -0.15) is 4.57 Å². The summed E-state index contributed by atoms with van der Waals surface area (Å²) in [5, 5.41) is 3.85. The highest BCUT2D eigenvalue weighted by molar-refractivity contribution is 6.07. The van der Waals surface area contributed by atoms with Gasteiger partial charge in [0.05, 0.1) is 11.3 Å². The second kappa shape index (κ2) is 12.1. The van der Waals surface area contributed by atoms with Crippen LogP contribution in [0.25, 0.3) is 50.1 Å². The second-order valence-corrected chi connectivity index (χ2v) is 12.8. The Bertz CT molecular complexity index is 2030. The third-order valence-corrected chi connectivity index (χ3v) is 10.3. The van der Waals surface area contributed by atoms with Crippen LogP contribution in [0.5, 0.6) is 0 Å². The Morgan fingerprint density at radius 2 is 1.56 bits per heavy atom. The van der Waals surface area contributed by atoms with Gasteiger partial charge in [0.1, 0.15) is 7.05 Å². The van der Waals surface area contributed by atoms with Gasteiger partial charge in [0.25, 0.3) is 0 Å². The van der Waals surface area contributed by atoms with Crippen LogP contribution in [0.15, 0.2) is 122 Å². The zero-order valence-electron chi connectivity index (χ0n) is 27.1. The van der Waals surface area contributed by atoms with E-state index in [0.717, 1.165) is 19.3 Å². The van der Waals surface area contributed by atoms with Crippen molar-refractivity contribution in [2.75, 3.05) is 0 Å². The number of rotatable bonds is 8. The van der Waals surface area contributed by atoms with Crippen LogP contribution in [0.1, 0.15) is 69.1 Å². The number of unbranched alkanes of at least 4 members (excludes halogenated alkanes) is 1. The van der Waals surface area contributed by atoms with E-state index in [9.17, 15) is 0 Å². The topological polar surface area (TPSA) is 7.76 Å². The molecule has 0 fully saturated rings. The lowest BCUT2D eigenvalue weighted by Gasteiger charge is -2.38. The van der Waals surface area contributed by atoms with Crippen molar-refractivity contribution in [3.8, 4) is 22.4 Å². The molecule has 2 atom stereocenters. The Labute approximate surface area is 268 Å². The summed E-state index contributed by atoms with van der Waals surface area (Å²) in [4.78, 5) is 0. The van der Waals surface area contributed by atoms with Crippen LogP contribution in [-0.4, -0.2) is 0 Å². The second-order valence-electron chi connectivity index (χ2n) is 12.8. The summed E-state index contributed by atoms with van der Waals surface area (Å²) in [6.07, 6.45) is 15.1. The Balaban J connectivity index is 1.40. The van der Waals surface area contributed by atoms with Crippen molar-refractivity contribution in [1.29, 1.82) is 0 Å². The molecule has 1 aliphatic rings. The summed E-state index contributed by atoms with van der Waals surface area (Å²) >= 11 is 0. The SMILES string of the molecule is CCCCc1ccc(-c2cc[n+]3c(c2)-c2ccccc2C(CC)C3(C=Cc2cccc3ccc4ccc[n+](C)c4c23)CC)cc1. The largest absolute Gasteiger partial charge is 0.220 e. The van der Waals surface area contributed by atoms with Gasteiger partial charge in [-0.3, -0.25) is 0 Å². The minimum atomic E-state index is -0.198. The van der Waals surface area contributed by atoms with Crippen LogP contribution in [0, 0.1) is 0 Å². The van der Waals surface area contributed by atoms with E-state index in [-0.39, 0.29) is 5.54 Å². The number of nitrogens with zero attached hydrogens (tertiary/aromatic N) is 2. The van der Waals surface area contributed by atoms with Crippen molar-refractivity contribution in [1.82, 2.24) is 0 Å². The summed E-state index contributed by atoms with van der Waals surface area (Å²) in [7, 11) is 2.16.